The summed E-state index contributed by atoms with van der Waals surface area (Å²) >= 11 is 0. The predicted octanol–water partition coefficient (Wildman–Crippen LogP) is 2.85. The van der Waals surface area contributed by atoms with Crippen LogP contribution in [0.4, 0.5) is 0 Å². The van der Waals surface area contributed by atoms with Gasteiger partial charge in [-0.2, -0.15) is 0 Å². The average Bonchev–Trinajstić information content (AvgIpc) is 3.17. The molecule has 0 radical (unpaired) electrons. The summed E-state index contributed by atoms with van der Waals surface area (Å²) in [4.78, 5) is 11.1. The van der Waals surface area contributed by atoms with Gasteiger partial charge < -0.3 is 14.0 Å². The van der Waals surface area contributed by atoms with Crippen molar-refractivity contribution in [2.75, 3.05) is 26.8 Å². The van der Waals surface area contributed by atoms with Gasteiger partial charge in [-0.15, -0.1) is 0 Å². The smallest absolute Gasteiger partial charge is 0.127 e. The molecule has 1 fully saturated rings. The topological polar surface area (TPSA) is 52.4 Å². The van der Waals surface area contributed by atoms with E-state index in [9.17, 15) is 0 Å². The first-order chi connectivity index (χ1) is 12.8. The molecule has 1 atom stereocenters. The Kier molecular flexibility index (Phi) is 4.95. The lowest BCUT2D eigenvalue weighted by molar-refractivity contribution is -0.0339. The zero-order valence-electron chi connectivity index (χ0n) is 14.8. The molecule has 0 saturated carbocycles. The van der Waals surface area contributed by atoms with Crippen molar-refractivity contribution in [3.63, 3.8) is 0 Å². The Balaban J connectivity index is 1.48. The molecule has 4 rings (SSSR count). The van der Waals surface area contributed by atoms with Gasteiger partial charge in [-0.3, -0.25) is 9.88 Å². The first kappa shape index (κ1) is 16.8. The summed E-state index contributed by atoms with van der Waals surface area (Å²) in [5.41, 5.74) is 2.20. The molecule has 0 unspecified atom stereocenters. The number of morpholine rings is 1. The van der Waals surface area contributed by atoms with E-state index in [0.29, 0.717) is 6.61 Å². The van der Waals surface area contributed by atoms with Crippen molar-refractivity contribution in [1.82, 2.24) is 19.4 Å². The Morgan fingerprint density at radius 2 is 2.08 bits per heavy atom. The van der Waals surface area contributed by atoms with E-state index in [1.54, 1.807) is 13.3 Å². The molecule has 3 heterocycles. The number of aromatic nitrogens is 3. The molecule has 0 N–H and O–H groups in total. The molecule has 2 aromatic heterocycles. The van der Waals surface area contributed by atoms with Gasteiger partial charge in [-0.25, -0.2) is 4.98 Å². The monoisotopic (exact) mass is 350 g/mol. The van der Waals surface area contributed by atoms with Gasteiger partial charge in [0.15, 0.2) is 0 Å². The minimum Gasteiger partial charge on any atom is -0.497 e. The standard InChI is InChI=1S/C20H22N4O2/c1-25-18-6-4-17(5-7-18)24-10-9-22-20(24)15-23-11-12-26-19(14-23)16-3-2-8-21-13-16/h2-10,13,19H,11-12,14-15H2,1H3/t19-/m0/s1. The Labute approximate surface area is 153 Å². The van der Waals surface area contributed by atoms with Crippen molar-refractivity contribution in [1.29, 1.82) is 0 Å². The Hall–Kier alpha value is -2.70. The number of hydrogen-bond acceptors (Lipinski definition) is 5. The molecule has 3 aromatic rings. The number of pyridine rings is 1. The van der Waals surface area contributed by atoms with Crippen LogP contribution in [0, 0.1) is 0 Å². The molecule has 1 saturated heterocycles. The van der Waals surface area contributed by atoms with Crippen molar-refractivity contribution < 1.29 is 9.47 Å². The predicted molar refractivity (Wildman–Crippen MR) is 98.3 cm³/mol. The maximum atomic E-state index is 5.93. The maximum absolute atomic E-state index is 5.93. The second-order valence-corrected chi connectivity index (χ2v) is 6.29. The van der Waals surface area contributed by atoms with Crippen molar-refractivity contribution in [2.45, 2.75) is 12.6 Å². The van der Waals surface area contributed by atoms with E-state index in [1.807, 2.05) is 48.9 Å². The first-order valence-corrected chi connectivity index (χ1v) is 8.74. The van der Waals surface area contributed by atoms with Crippen LogP contribution in [-0.4, -0.2) is 46.2 Å². The van der Waals surface area contributed by atoms with Gasteiger partial charge >= 0.3 is 0 Å². The van der Waals surface area contributed by atoms with Gasteiger partial charge in [0, 0.05) is 49.1 Å². The highest BCUT2D eigenvalue weighted by molar-refractivity contribution is 5.38. The summed E-state index contributed by atoms with van der Waals surface area (Å²) < 4.78 is 13.3. The molecule has 1 aliphatic heterocycles. The molecule has 26 heavy (non-hydrogen) atoms. The van der Waals surface area contributed by atoms with Crippen LogP contribution >= 0.6 is 0 Å². The van der Waals surface area contributed by atoms with Crippen molar-refractivity contribution >= 4 is 0 Å². The fourth-order valence-corrected chi connectivity index (χ4v) is 3.24. The van der Waals surface area contributed by atoms with Gasteiger partial charge in [-0.05, 0) is 30.3 Å². The van der Waals surface area contributed by atoms with Crippen LogP contribution in [0.2, 0.25) is 0 Å². The molecule has 134 valence electrons. The lowest BCUT2D eigenvalue weighted by Gasteiger charge is -2.32. The third-order valence-corrected chi connectivity index (χ3v) is 4.64. The number of ether oxygens (including phenoxy) is 2. The molecular formula is C20H22N4O2. The van der Waals surface area contributed by atoms with Gasteiger partial charge in [-0.1, -0.05) is 6.07 Å². The number of imidazole rings is 1. The van der Waals surface area contributed by atoms with E-state index < -0.39 is 0 Å². The lowest BCUT2D eigenvalue weighted by atomic mass is 10.1. The molecular weight excluding hydrogens is 328 g/mol. The highest BCUT2D eigenvalue weighted by Crippen LogP contribution is 2.23. The fraction of sp³-hybridized carbons (Fsp3) is 0.300. The van der Waals surface area contributed by atoms with Gasteiger partial charge in [0.2, 0.25) is 0 Å². The lowest BCUT2D eigenvalue weighted by Crippen LogP contribution is -2.38. The molecule has 1 aliphatic rings. The SMILES string of the molecule is COc1ccc(-n2ccnc2CN2CCO[C@H](c3cccnc3)C2)cc1. The third-order valence-electron chi connectivity index (χ3n) is 4.64. The van der Waals surface area contributed by atoms with E-state index in [1.165, 1.54) is 0 Å². The van der Waals surface area contributed by atoms with Gasteiger partial charge in [0.25, 0.3) is 0 Å². The van der Waals surface area contributed by atoms with E-state index in [0.717, 1.165) is 42.5 Å². The fourth-order valence-electron chi connectivity index (χ4n) is 3.24. The highest BCUT2D eigenvalue weighted by Gasteiger charge is 2.23. The molecule has 6 heteroatoms. The zero-order chi connectivity index (χ0) is 17.8. The van der Waals surface area contributed by atoms with Crippen LogP contribution in [0.3, 0.4) is 0 Å². The number of methoxy groups -OCH3 is 1. The second-order valence-electron chi connectivity index (χ2n) is 6.29. The van der Waals surface area contributed by atoms with Crippen LogP contribution in [-0.2, 0) is 11.3 Å². The minimum atomic E-state index is 0.0573. The Bertz CT molecular complexity index is 833. The number of nitrogens with zero attached hydrogens (tertiary/aromatic N) is 4. The summed E-state index contributed by atoms with van der Waals surface area (Å²) in [6.07, 6.45) is 7.57. The van der Waals surface area contributed by atoms with Gasteiger partial charge in [0.05, 0.1) is 26.4 Å². The molecule has 0 spiro atoms. The first-order valence-electron chi connectivity index (χ1n) is 8.74. The molecule has 0 amide bonds. The normalized spacial score (nSPS) is 18.0. The minimum absolute atomic E-state index is 0.0573. The quantitative estimate of drug-likeness (QED) is 0.708. The number of benzene rings is 1. The molecule has 1 aromatic carbocycles. The summed E-state index contributed by atoms with van der Waals surface area (Å²) in [6.45, 7) is 3.22. The van der Waals surface area contributed by atoms with Crippen LogP contribution < -0.4 is 4.74 Å². The average molecular weight is 350 g/mol. The summed E-state index contributed by atoms with van der Waals surface area (Å²) in [5.74, 6) is 1.87. The molecule has 6 nitrogen and oxygen atoms in total. The third kappa shape index (κ3) is 3.61. The zero-order valence-corrected chi connectivity index (χ0v) is 14.8. The van der Waals surface area contributed by atoms with Crippen LogP contribution in [0.15, 0.2) is 61.2 Å². The van der Waals surface area contributed by atoms with Crippen molar-refractivity contribution in [2.24, 2.45) is 0 Å². The second kappa shape index (κ2) is 7.68. The number of hydrogen-bond donors (Lipinski definition) is 0. The van der Waals surface area contributed by atoms with Crippen molar-refractivity contribution in [3.05, 3.63) is 72.6 Å². The largest absolute Gasteiger partial charge is 0.497 e. The Morgan fingerprint density at radius 1 is 1.19 bits per heavy atom. The molecule has 0 bridgehead atoms. The molecule has 0 aliphatic carbocycles. The Morgan fingerprint density at radius 3 is 2.85 bits per heavy atom. The van der Waals surface area contributed by atoms with Crippen LogP contribution in [0.25, 0.3) is 5.69 Å². The van der Waals surface area contributed by atoms with Crippen molar-refractivity contribution in [3.8, 4) is 11.4 Å². The van der Waals surface area contributed by atoms with Crippen LogP contribution in [0.1, 0.15) is 17.5 Å². The highest BCUT2D eigenvalue weighted by atomic mass is 16.5. The summed E-state index contributed by atoms with van der Waals surface area (Å²) in [7, 11) is 1.68. The van der Waals surface area contributed by atoms with E-state index >= 15 is 0 Å². The van der Waals surface area contributed by atoms with E-state index in [2.05, 4.69) is 25.5 Å². The summed E-state index contributed by atoms with van der Waals surface area (Å²) in [6, 6.07) is 12.0. The van der Waals surface area contributed by atoms with Gasteiger partial charge in [0.1, 0.15) is 11.6 Å². The van der Waals surface area contributed by atoms with E-state index in [-0.39, 0.29) is 6.10 Å². The van der Waals surface area contributed by atoms with E-state index in [4.69, 9.17) is 9.47 Å². The number of rotatable bonds is 5. The maximum Gasteiger partial charge on any atom is 0.127 e. The summed E-state index contributed by atoms with van der Waals surface area (Å²) in [5, 5.41) is 0. The van der Waals surface area contributed by atoms with Crippen LogP contribution in [0.5, 0.6) is 5.75 Å².